The lowest BCUT2D eigenvalue weighted by molar-refractivity contribution is -0.201. The van der Waals surface area contributed by atoms with E-state index in [1.807, 2.05) is 0 Å². The number of methoxy groups -OCH3 is 1. The smallest absolute Gasteiger partial charge is 0.383 e. The van der Waals surface area contributed by atoms with Crippen molar-refractivity contribution in [3.05, 3.63) is 0 Å². The van der Waals surface area contributed by atoms with E-state index in [1.54, 1.807) is 0 Å². The van der Waals surface area contributed by atoms with Gasteiger partial charge >= 0.3 is 6.18 Å². The van der Waals surface area contributed by atoms with Crippen molar-refractivity contribution in [2.45, 2.75) is 12.3 Å². The number of halogens is 3. The summed E-state index contributed by atoms with van der Waals surface area (Å²) in [4.78, 5) is 0. The molecule has 0 amide bonds. The summed E-state index contributed by atoms with van der Waals surface area (Å²) in [6, 6.07) is 0. The molecule has 0 saturated heterocycles. The van der Waals surface area contributed by atoms with Crippen LogP contribution in [0.25, 0.3) is 0 Å². The molecule has 0 saturated carbocycles. The predicted molar refractivity (Wildman–Crippen MR) is 36.8 cm³/mol. The molecule has 0 fully saturated rings. The number of hydrogen-bond acceptors (Lipinski definition) is 3. The van der Waals surface area contributed by atoms with Crippen LogP contribution < -0.4 is 5.32 Å². The van der Waals surface area contributed by atoms with E-state index >= 15 is 0 Å². The number of aliphatic hydroxyl groups is 1. The van der Waals surface area contributed by atoms with E-state index in [0.717, 1.165) is 0 Å². The minimum atomic E-state index is -4.54. The van der Waals surface area contributed by atoms with Crippen LogP contribution in [0.5, 0.6) is 0 Å². The van der Waals surface area contributed by atoms with Gasteiger partial charge in [0.25, 0.3) is 0 Å². The largest absolute Gasteiger partial charge is 0.415 e. The molecule has 0 spiro atoms. The average Bonchev–Trinajstić information content (AvgIpc) is 1.96. The van der Waals surface area contributed by atoms with Gasteiger partial charge in [0.1, 0.15) is 0 Å². The molecule has 0 heterocycles. The van der Waals surface area contributed by atoms with Gasteiger partial charge in [-0.25, -0.2) is 0 Å². The van der Waals surface area contributed by atoms with Crippen LogP contribution in [0.4, 0.5) is 13.2 Å². The molecule has 0 aromatic rings. The molecule has 0 aliphatic rings. The summed E-state index contributed by atoms with van der Waals surface area (Å²) < 4.78 is 39.5. The van der Waals surface area contributed by atoms with Crippen molar-refractivity contribution in [1.29, 1.82) is 0 Å². The Kier molecular flexibility index (Phi) is 5.19. The topological polar surface area (TPSA) is 41.5 Å². The second kappa shape index (κ2) is 5.34. The summed E-state index contributed by atoms with van der Waals surface area (Å²) in [5.74, 6) is 0. The van der Waals surface area contributed by atoms with Gasteiger partial charge in [-0.2, -0.15) is 13.2 Å². The molecule has 0 unspecified atom stereocenters. The van der Waals surface area contributed by atoms with Crippen molar-refractivity contribution in [2.24, 2.45) is 0 Å². The lowest BCUT2D eigenvalue weighted by Gasteiger charge is -2.14. The van der Waals surface area contributed by atoms with E-state index in [2.05, 4.69) is 10.1 Å². The van der Waals surface area contributed by atoms with E-state index in [4.69, 9.17) is 5.11 Å². The predicted octanol–water partition coefficient (Wildman–Crippen LogP) is 0.146. The summed E-state index contributed by atoms with van der Waals surface area (Å²) in [5, 5.41) is 10.9. The number of ether oxygens (including phenoxy) is 1. The van der Waals surface area contributed by atoms with E-state index in [-0.39, 0.29) is 0 Å². The highest BCUT2D eigenvalue weighted by atomic mass is 19.4. The van der Waals surface area contributed by atoms with Crippen LogP contribution in [0.1, 0.15) is 0 Å². The zero-order valence-corrected chi connectivity index (χ0v) is 6.69. The number of aliphatic hydroxyl groups excluding tert-OH is 1. The monoisotopic (exact) mass is 187 g/mol. The molecule has 1 atom stereocenters. The third-order valence-corrected chi connectivity index (χ3v) is 1.20. The Bertz CT molecular complexity index is 118. The Hall–Kier alpha value is -0.330. The Morgan fingerprint density at radius 2 is 2.08 bits per heavy atom. The fourth-order valence-corrected chi connectivity index (χ4v) is 0.529. The molecule has 2 N–H and O–H groups in total. The maximum Gasteiger partial charge on any atom is 0.415 e. The molecule has 0 bridgehead atoms. The van der Waals surface area contributed by atoms with Crippen LogP contribution in [0.15, 0.2) is 0 Å². The molecule has 12 heavy (non-hydrogen) atoms. The minimum absolute atomic E-state index is 0.295. The van der Waals surface area contributed by atoms with Gasteiger partial charge in [0.2, 0.25) is 0 Å². The van der Waals surface area contributed by atoms with Crippen LogP contribution in [-0.2, 0) is 4.74 Å². The van der Waals surface area contributed by atoms with Crippen LogP contribution in [0.2, 0.25) is 0 Å². The lowest BCUT2D eigenvalue weighted by atomic mass is 10.3. The Morgan fingerprint density at radius 1 is 1.50 bits per heavy atom. The Morgan fingerprint density at radius 3 is 2.50 bits per heavy atom. The normalized spacial score (nSPS) is 14.8. The molecule has 0 aliphatic heterocycles. The SMILES string of the molecule is COCCNC[C@@H](O)C(F)(F)F. The highest BCUT2D eigenvalue weighted by Gasteiger charge is 2.37. The molecule has 74 valence electrons. The van der Waals surface area contributed by atoms with Crippen LogP contribution in [0, 0.1) is 0 Å². The molecule has 0 aromatic carbocycles. The zero-order chi connectivity index (χ0) is 9.61. The molecule has 0 aromatic heterocycles. The zero-order valence-electron chi connectivity index (χ0n) is 6.69. The van der Waals surface area contributed by atoms with E-state index < -0.39 is 18.8 Å². The number of nitrogens with one attached hydrogen (secondary N) is 1. The molecule has 0 rings (SSSR count). The second-order valence-electron chi connectivity index (χ2n) is 2.25. The van der Waals surface area contributed by atoms with Crippen LogP contribution >= 0.6 is 0 Å². The van der Waals surface area contributed by atoms with Gasteiger partial charge in [-0.3, -0.25) is 0 Å². The first-order valence-electron chi connectivity index (χ1n) is 3.43. The third kappa shape index (κ3) is 5.34. The van der Waals surface area contributed by atoms with Gasteiger partial charge in [0, 0.05) is 20.2 Å². The van der Waals surface area contributed by atoms with E-state index in [1.165, 1.54) is 7.11 Å². The maximum atomic E-state index is 11.6. The Balaban J connectivity index is 3.38. The average molecular weight is 187 g/mol. The van der Waals surface area contributed by atoms with Crippen molar-refractivity contribution in [3.8, 4) is 0 Å². The van der Waals surface area contributed by atoms with Crippen molar-refractivity contribution >= 4 is 0 Å². The molecule has 0 radical (unpaired) electrons. The van der Waals surface area contributed by atoms with Gasteiger partial charge in [-0.05, 0) is 0 Å². The lowest BCUT2D eigenvalue weighted by Crippen LogP contribution is -2.39. The summed E-state index contributed by atoms with van der Waals surface area (Å²) in [6.07, 6.45) is -6.84. The third-order valence-electron chi connectivity index (χ3n) is 1.20. The second-order valence-corrected chi connectivity index (χ2v) is 2.25. The van der Waals surface area contributed by atoms with Crippen molar-refractivity contribution in [2.75, 3.05) is 26.8 Å². The first kappa shape index (κ1) is 11.7. The highest BCUT2D eigenvalue weighted by Crippen LogP contribution is 2.18. The first-order valence-corrected chi connectivity index (χ1v) is 3.43. The first-order chi connectivity index (χ1) is 5.48. The fraction of sp³-hybridized carbons (Fsp3) is 1.00. The van der Waals surface area contributed by atoms with Crippen LogP contribution in [0.3, 0.4) is 0 Å². The molecular formula is C6H12F3NO2. The standard InChI is InChI=1S/C6H12F3NO2/c1-12-3-2-10-4-5(11)6(7,8)9/h5,10-11H,2-4H2,1H3/t5-/m1/s1. The van der Waals surface area contributed by atoms with Crippen LogP contribution in [-0.4, -0.2) is 44.2 Å². The summed E-state index contributed by atoms with van der Waals surface area (Å²) >= 11 is 0. The molecule has 6 heteroatoms. The van der Waals surface area contributed by atoms with Crippen molar-refractivity contribution in [1.82, 2.24) is 5.32 Å². The van der Waals surface area contributed by atoms with Gasteiger partial charge in [-0.1, -0.05) is 0 Å². The van der Waals surface area contributed by atoms with Gasteiger partial charge in [-0.15, -0.1) is 0 Å². The van der Waals surface area contributed by atoms with Crippen molar-refractivity contribution in [3.63, 3.8) is 0 Å². The maximum absolute atomic E-state index is 11.6. The van der Waals surface area contributed by atoms with E-state index in [0.29, 0.717) is 13.2 Å². The molecular weight excluding hydrogens is 175 g/mol. The van der Waals surface area contributed by atoms with Gasteiger partial charge < -0.3 is 15.2 Å². The summed E-state index contributed by atoms with van der Waals surface area (Å²) in [5.41, 5.74) is 0. The minimum Gasteiger partial charge on any atom is -0.383 e. The highest BCUT2D eigenvalue weighted by molar-refractivity contribution is 4.67. The quantitative estimate of drug-likeness (QED) is 0.602. The number of hydrogen-bond donors (Lipinski definition) is 2. The van der Waals surface area contributed by atoms with Gasteiger partial charge in [0.15, 0.2) is 6.10 Å². The van der Waals surface area contributed by atoms with Gasteiger partial charge in [0.05, 0.1) is 6.61 Å². The summed E-state index contributed by atoms with van der Waals surface area (Å²) in [7, 11) is 1.45. The summed E-state index contributed by atoms with van der Waals surface area (Å²) in [6.45, 7) is 0.126. The fourth-order valence-electron chi connectivity index (χ4n) is 0.529. The number of alkyl halides is 3. The van der Waals surface area contributed by atoms with Crippen molar-refractivity contribution < 1.29 is 23.0 Å². The molecule has 0 aliphatic carbocycles. The molecule has 3 nitrogen and oxygen atoms in total. The number of rotatable bonds is 5. The van der Waals surface area contributed by atoms with E-state index in [9.17, 15) is 13.2 Å². The Labute approximate surface area is 68.5 Å².